The molecule has 0 aromatic carbocycles. The van der Waals surface area contributed by atoms with E-state index < -0.39 is 5.97 Å². The summed E-state index contributed by atoms with van der Waals surface area (Å²) >= 11 is 0. The molecule has 1 N–H and O–H groups in total. The number of carbonyl (C=O) groups is 2. The molecule has 0 bridgehead atoms. The van der Waals surface area contributed by atoms with Crippen LogP contribution in [0.15, 0.2) is 0 Å². The van der Waals surface area contributed by atoms with Crippen LogP contribution in [-0.2, 0) is 17.8 Å². The van der Waals surface area contributed by atoms with Gasteiger partial charge in [-0.3, -0.25) is 4.79 Å². The first-order valence-electron chi connectivity index (χ1n) is 4.83. The van der Waals surface area contributed by atoms with Crippen molar-refractivity contribution in [3.8, 4) is 0 Å². The van der Waals surface area contributed by atoms with Gasteiger partial charge in [-0.2, -0.15) is 0 Å². The second kappa shape index (κ2) is 4.73. The quantitative estimate of drug-likeness (QED) is 0.756. The molecule has 0 fully saturated rings. The highest BCUT2D eigenvalue weighted by Gasteiger charge is 2.19. The lowest BCUT2D eigenvalue weighted by Crippen LogP contribution is -2.27. The van der Waals surface area contributed by atoms with Gasteiger partial charge in [-0.1, -0.05) is 12.1 Å². The van der Waals surface area contributed by atoms with Gasteiger partial charge >= 0.3 is 5.97 Å². The van der Waals surface area contributed by atoms with E-state index in [0.717, 1.165) is 0 Å². The Hall–Kier alpha value is -1.92. The smallest absolute Gasteiger partial charge is 0.358 e. The van der Waals surface area contributed by atoms with Gasteiger partial charge in [0.15, 0.2) is 5.69 Å². The van der Waals surface area contributed by atoms with Crippen molar-refractivity contribution in [2.24, 2.45) is 0 Å². The van der Waals surface area contributed by atoms with E-state index >= 15 is 0 Å². The fourth-order valence-electron chi connectivity index (χ4n) is 1.25. The zero-order valence-corrected chi connectivity index (χ0v) is 9.47. The molecule has 0 saturated heterocycles. The molecular weight excluding hydrogens is 212 g/mol. The van der Waals surface area contributed by atoms with Crippen molar-refractivity contribution in [1.29, 1.82) is 0 Å². The van der Waals surface area contributed by atoms with Gasteiger partial charge in [0.2, 0.25) is 5.91 Å². The first kappa shape index (κ1) is 12.2. The molecule has 1 amide bonds. The number of carbonyl (C=O) groups excluding carboxylic acids is 1. The van der Waals surface area contributed by atoms with E-state index in [1.54, 1.807) is 21.0 Å². The number of carboxylic acids is 1. The van der Waals surface area contributed by atoms with Gasteiger partial charge in [0.05, 0.1) is 5.69 Å². The van der Waals surface area contributed by atoms with Gasteiger partial charge in [0.1, 0.15) is 6.54 Å². The van der Waals surface area contributed by atoms with Crippen LogP contribution in [0.4, 0.5) is 0 Å². The van der Waals surface area contributed by atoms with Crippen LogP contribution in [0.25, 0.3) is 0 Å². The number of likely N-dealkylation sites (N-methyl/N-ethyl adjacent to an activating group) is 1. The van der Waals surface area contributed by atoms with E-state index in [9.17, 15) is 9.59 Å². The number of rotatable bonds is 4. The van der Waals surface area contributed by atoms with Gasteiger partial charge in [0.25, 0.3) is 0 Å². The number of aromatic nitrogens is 3. The molecule has 16 heavy (non-hydrogen) atoms. The normalized spacial score (nSPS) is 10.2. The van der Waals surface area contributed by atoms with Crippen LogP contribution in [0.5, 0.6) is 0 Å². The van der Waals surface area contributed by atoms with E-state index in [1.165, 1.54) is 9.58 Å². The monoisotopic (exact) mass is 226 g/mol. The average Bonchev–Trinajstić information content (AvgIpc) is 2.60. The molecule has 1 aromatic heterocycles. The number of hydrogen-bond donors (Lipinski definition) is 1. The minimum absolute atomic E-state index is 0.0104. The predicted molar refractivity (Wildman–Crippen MR) is 55.1 cm³/mol. The molecule has 0 radical (unpaired) electrons. The SMILES string of the molecule is CCc1c(C(=O)O)nnn1CC(=O)N(C)C. The largest absolute Gasteiger partial charge is 0.476 e. The molecule has 7 heteroatoms. The van der Waals surface area contributed by atoms with Gasteiger partial charge in [-0.05, 0) is 6.42 Å². The lowest BCUT2D eigenvalue weighted by molar-refractivity contribution is -0.129. The molecule has 1 rings (SSSR count). The van der Waals surface area contributed by atoms with E-state index in [2.05, 4.69) is 10.3 Å². The van der Waals surface area contributed by atoms with E-state index in [-0.39, 0.29) is 18.1 Å². The zero-order valence-electron chi connectivity index (χ0n) is 9.47. The minimum atomic E-state index is -1.12. The van der Waals surface area contributed by atoms with Crippen LogP contribution >= 0.6 is 0 Å². The van der Waals surface area contributed by atoms with Crippen molar-refractivity contribution in [3.05, 3.63) is 11.4 Å². The molecule has 0 saturated carbocycles. The first-order chi connectivity index (χ1) is 7.47. The molecule has 0 unspecified atom stereocenters. The minimum Gasteiger partial charge on any atom is -0.476 e. The molecule has 0 atom stereocenters. The third kappa shape index (κ3) is 2.36. The summed E-state index contributed by atoms with van der Waals surface area (Å²) in [7, 11) is 3.26. The molecule has 0 spiro atoms. The van der Waals surface area contributed by atoms with Crippen molar-refractivity contribution in [1.82, 2.24) is 19.9 Å². The first-order valence-corrected chi connectivity index (χ1v) is 4.83. The molecule has 0 aliphatic carbocycles. The fraction of sp³-hybridized carbons (Fsp3) is 0.556. The maximum Gasteiger partial charge on any atom is 0.358 e. The van der Waals surface area contributed by atoms with E-state index in [0.29, 0.717) is 12.1 Å². The second-order valence-corrected chi connectivity index (χ2v) is 3.49. The molecular formula is C9H14N4O3. The topological polar surface area (TPSA) is 88.3 Å². The summed E-state index contributed by atoms with van der Waals surface area (Å²) in [6.07, 6.45) is 0.468. The Kier molecular flexibility index (Phi) is 3.60. The molecule has 0 aliphatic heterocycles. The summed E-state index contributed by atoms with van der Waals surface area (Å²) in [6.45, 7) is 1.80. The van der Waals surface area contributed by atoms with Crippen LogP contribution in [0.2, 0.25) is 0 Å². The third-order valence-electron chi connectivity index (χ3n) is 2.16. The van der Waals surface area contributed by atoms with Gasteiger partial charge in [0, 0.05) is 14.1 Å². The number of hydrogen-bond acceptors (Lipinski definition) is 4. The van der Waals surface area contributed by atoms with Gasteiger partial charge in [-0.25, -0.2) is 9.48 Å². The highest BCUT2D eigenvalue weighted by Crippen LogP contribution is 2.06. The molecule has 1 heterocycles. The van der Waals surface area contributed by atoms with Crippen molar-refractivity contribution in [3.63, 3.8) is 0 Å². The average molecular weight is 226 g/mol. The van der Waals surface area contributed by atoms with Crippen molar-refractivity contribution in [2.45, 2.75) is 19.9 Å². The Labute approximate surface area is 92.7 Å². The van der Waals surface area contributed by atoms with E-state index in [1.807, 2.05) is 0 Å². The lowest BCUT2D eigenvalue weighted by Gasteiger charge is -2.10. The zero-order chi connectivity index (χ0) is 12.3. The Balaban J connectivity index is 2.97. The highest BCUT2D eigenvalue weighted by atomic mass is 16.4. The van der Waals surface area contributed by atoms with Crippen LogP contribution < -0.4 is 0 Å². The molecule has 0 aliphatic rings. The predicted octanol–water partition coefficient (Wildman–Crippen LogP) is -0.373. The van der Waals surface area contributed by atoms with Crippen molar-refractivity contribution >= 4 is 11.9 Å². The van der Waals surface area contributed by atoms with E-state index in [4.69, 9.17) is 5.11 Å². The Morgan fingerprint density at radius 2 is 2.06 bits per heavy atom. The van der Waals surface area contributed by atoms with Crippen LogP contribution in [-0.4, -0.2) is 51.0 Å². The van der Waals surface area contributed by atoms with Gasteiger partial charge < -0.3 is 10.0 Å². The van der Waals surface area contributed by atoms with Gasteiger partial charge in [-0.15, -0.1) is 5.10 Å². The number of amides is 1. The number of aromatic carboxylic acids is 1. The standard InChI is InChI=1S/C9H14N4O3/c1-4-6-8(9(15)16)10-11-13(6)5-7(14)12(2)3/h4-5H2,1-3H3,(H,15,16). The van der Waals surface area contributed by atoms with Crippen LogP contribution in [0, 0.1) is 0 Å². The van der Waals surface area contributed by atoms with Crippen molar-refractivity contribution < 1.29 is 14.7 Å². The summed E-state index contributed by atoms with van der Waals surface area (Å²) in [4.78, 5) is 23.7. The summed E-state index contributed by atoms with van der Waals surface area (Å²) < 4.78 is 1.33. The Morgan fingerprint density at radius 3 is 2.50 bits per heavy atom. The maximum absolute atomic E-state index is 11.4. The fourth-order valence-corrected chi connectivity index (χ4v) is 1.25. The number of nitrogens with zero attached hydrogens (tertiary/aromatic N) is 4. The highest BCUT2D eigenvalue weighted by molar-refractivity contribution is 5.86. The molecule has 88 valence electrons. The summed E-state index contributed by atoms with van der Waals surface area (Å²) in [6, 6.07) is 0. The molecule has 1 aromatic rings. The third-order valence-corrected chi connectivity index (χ3v) is 2.16. The Morgan fingerprint density at radius 1 is 1.44 bits per heavy atom. The summed E-state index contributed by atoms with van der Waals surface area (Å²) in [5.74, 6) is -1.28. The second-order valence-electron chi connectivity index (χ2n) is 3.49. The summed E-state index contributed by atoms with van der Waals surface area (Å²) in [5, 5.41) is 16.1. The lowest BCUT2D eigenvalue weighted by atomic mass is 10.2. The summed E-state index contributed by atoms with van der Waals surface area (Å²) in [5.41, 5.74) is 0.372. The van der Waals surface area contributed by atoms with Crippen molar-refractivity contribution in [2.75, 3.05) is 14.1 Å². The van der Waals surface area contributed by atoms with Crippen LogP contribution in [0.3, 0.4) is 0 Å². The number of carboxylic acid groups (broad SMARTS) is 1. The molecule has 7 nitrogen and oxygen atoms in total. The Bertz CT molecular complexity index is 411. The maximum atomic E-state index is 11.4. The van der Waals surface area contributed by atoms with Crippen LogP contribution in [0.1, 0.15) is 23.1 Å².